The average Bonchev–Trinajstić information content (AvgIpc) is 3.08. The highest BCUT2D eigenvalue weighted by molar-refractivity contribution is 5.90. The second-order valence-corrected chi connectivity index (χ2v) is 5.58. The van der Waals surface area contributed by atoms with Crippen LogP contribution in [0, 0.1) is 6.92 Å². The highest BCUT2D eigenvalue weighted by Crippen LogP contribution is 2.27. The number of H-pyrrole nitrogens is 2. The molecule has 0 saturated carbocycles. The molecule has 0 aliphatic rings. The van der Waals surface area contributed by atoms with E-state index in [0.717, 1.165) is 28.0 Å². The van der Waals surface area contributed by atoms with Gasteiger partial charge >= 0.3 is 0 Å². The molecule has 2 aromatic carbocycles. The molecule has 4 aromatic rings. The molecule has 0 radical (unpaired) electrons. The summed E-state index contributed by atoms with van der Waals surface area (Å²) in [6.45, 7) is 2.69. The molecule has 104 valence electrons. The summed E-state index contributed by atoms with van der Waals surface area (Å²) >= 11 is 0. The second-order valence-electron chi connectivity index (χ2n) is 5.58. The Kier molecular flexibility index (Phi) is 2.62. The van der Waals surface area contributed by atoms with Crippen molar-refractivity contribution < 1.29 is 0 Å². The Morgan fingerprint density at radius 3 is 2.10 bits per heavy atom. The number of aromatic nitrogens is 2. The lowest BCUT2D eigenvalue weighted by Crippen LogP contribution is -1.94. The van der Waals surface area contributed by atoms with E-state index < -0.39 is 0 Å². The molecule has 4 rings (SSSR count). The normalized spacial score (nSPS) is 11.5. The number of fused-ring (bicyclic) bond motifs is 2. The van der Waals surface area contributed by atoms with Gasteiger partial charge in [0.05, 0.1) is 11.4 Å². The summed E-state index contributed by atoms with van der Waals surface area (Å²) in [6.07, 6.45) is 0. The SMILES string of the molecule is Cc1ccc2[nH]c(-c3cc4cc(CN)ccc4[nH]3)cc2c1. The molecule has 0 unspecified atom stereocenters. The van der Waals surface area contributed by atoms with Gasteiger partial charge in [-0.3, -0.25) is 0 Å². The first-order valence-electron chi connectivity index (χ1n) is 7.14. The van der Waals surface area contributed by atoms with Gasteiger partial charge in [0.2, 0.25) is 0 Å². The van der Waals surface area contributed by atoms with E-state index in [9.17, 15) is 0 Å². The molecule has 0 aliphatic carbocycles. The largest absolute Gasteiger partial charge is 0.353 e. The van der Waals surface area contributed by atoms with Crippen molar-refractivity contribution in [1.29, 1.82) is 0 Å². The monoisotopic (exact) mass is 275 g/mol. The standard InChI is InChI=1S/C18H17N3/c1-11-2-4-15-13(6-11)8-17(20-15)18-9-14-7-12(10-19)3-5-16(14)21-18/h2-9,20-21H,10,19H2,1H3. The van der Waals surface area contributed by atoms with Gasteiger partial charge in [0, 0.05) is 28.4 Å². The number of nitrogens with one attached hydrogen (secondary N) is 2. The Hall–Kier alpha value is -2.52. The van der Waals surface area contributed by atoms with Crippen LogP contribution in [0.1, 0.15) is 11.1 Å². The lowest BCUT2D eigenvalue weighted by Gasteiger charge is -1.95. The summed E-state index contributed by atoms with van der Waals surface area (Å²) in [5.41, 5.74) is 12.7. The van der Waals surface area contributed by atoms with Gasteiger partial charge in [-0.25, -0.2) is 0 Å². The number of aryl methyl sites for hydroxylation is 1. The Morgan fingerprint density at radius 1 is 0.810 bits per heavy atom. The van der Waals surface area contributed by atoms with E-state index in [1.807, 2.05) is 0 Å². The quantitative estimate of drug-likeness (QED) is 0.507. The topological polar surface area (TPSA) is 57.6 Å². The van der Waals surface area contributed by atoms with Gasteiger partial charge in [-0.05, 0) is 48.9 Å². The molecule has 2 aromatic heterocycles. The van der Waals surface area contributed by atoms with Gasteiger partial charge in [0.15, 0.2) is 0 Å². The van der Waals surface area contributed by atoms with Crippen LogP contribution < -0.4 is 5.73 Å². The Labute approximate surface area is 122 Å². The van der Waals surface area contributed by atoms with Gasteiger partial charge < -0.3 is 15.7 Å². The van der Waals surface area contributed by atoms with E-state index >= 15 is 0 Å². The van der Waals surface area contributed by atoms with Gasteiger partial charge in [0.25, 0.3) is 0 Å². The van der Waals surface area contributed by atoms with E-state index in [1.54, 1.807) is 0 Å². The molecule has 0 fully saturated rings. The van der Waals surface area contributed by atoms with Crippen molar-refractivity contribution in [3.8, 4) is 11.4 Å². The first kappa shape index (κ1) is 12.2. The fourth-order valence-electron chi connectivity index (χ4n) is 2.85. The molecule has 3 heteroatoms. The van der Waals surface area contributed by atoms with E-state index in [-0.39, 0.29) is 0 Å². The van der Waals surface area contributed by atoms with Gasteiger partial charge in [0.1, 0.15) is 0 Å². The third-order valence-corrected chi connectivity index (χ3v) is 3.99. The van der Waals surface area contributed by atoms with Crippen LogP contribution in [0.15, 0.2) is 48.5 Å². The average molecular weight is 275 g/mol. The number of aromatic amines is 2. The van der Waals surface area contributed by atoms with Gasteiger partial charge in [-0.15, -0.1) is 0 Å². The maximum absolute atomic E-state index is 5.71. The molecule has 0 amide bonds. The third-order valence-electron chi connectivity index (χ3n) is 3.99. The molecule has 0 bridgehead atoms. The van der Waals surface area contributed by atoms with Crippen molar-refractivity contribution >= 4 is 21.8 Å². The van der Waals surface area contributed by atoms with Gasteiger partial charge in [-0.2, -0.15) is 0 Å². The molecule has 0 spiro atoms. The van der Waals surface area contributed by atoms with Gasteiger partial charge in [-0.1, -0.05) is 17.7 Å². The summed E-state index contributed by atoms with van der Waals surface area (Å²) in [5, 5.41) is 2.44. The minimum atomic E-state index is 0.572. The summed E-state index contributed by atoms with van der Waals surface area (Å²) in [5.74, 6) is 0. The molecule has 0 aliphatic heterocycles. The van der Waals surface area contributed by atoms with Crippen molar-refractivity contribution in [3.63, 3.8) is 0 Å². The summed E-state index contributed by atoms with van der Waals surface area (Å²) in [6, 6.07) is 17.1. The molecule has 0 atom stereocenters. The van der Waals surface area contributed by atoms with Crippen molar-refractivity contribution in [3.05, 3.63) is 59.7 Å². The van der Waals surface area contributed by atoms with Crippen LogP contribution in [0.4, 0.5) is 0 Å². The predicted molar refractivity (Wildman–Crippen MR) is 88.2 cm³/mol. The van der Waals surface area contributed by atoms with E-state index in [1.165, 1.54) is 16.3 Å². The van der Waals surface area contributed by atoms with Crippen molar-refractivity contribution in [2.45, 2.75) is 13.5 Å². The lowest BCUT2D eigenvalue weighted by atomic mass is 10.1. The fraction of sp³-hybridized carbons (Fsp3) is 0.111. The fourth-order valence-corrected chi connectivity index (χ4v) is 2.85. The van der Waals surface area contributed by atoms with Crippen molar-refractivity contribution in [2.75, 3.05) is 0 Å². The first-order chi connectivity index (χ1) is 10.2. The van der Waals surface area contributed by atoms with E-state index in [0.29, 0.717) is 6.54 Å². The lowest BCUT2D eigenvalue weighted by molar-refractivity contribution is 1.08. The highest BCUT2D eigenvalue weighted by atomic mass is 14.8. The number of hydrogen-bond donors (Lipinski definition) is 3. The molecular formula is C18H17N3. The third kappa shape index (κ3) is 2.03. The van der Waals surface area contributed by atoms with Crippen LogP contribution in [0.2, 0.25) is 0 Å². The van der Waals surface area contributed by atoms with Crippen molar-refractivity contribution in [2.24, 2.45) is 5.73 Å². The zero-order valence-electron chi connectivity index (χ0n) is 11.9. The number of hydrogen-bond acceptors (Lipinski definition) is 1. The maximum atomic E-state index is 5.71. The number of benzene rings is 2. The summed E-state index contributed by atoms with van der Waals surface area (Å²) < 4.78 is 0. The van der Waals surface area contributed by atoms with Crippen LogP contribution in [0.3, 0.4) is 0 Å². The molecule has 0 saturated heterocycles. The predicted octanol–water partition coefficient (Wildman–Crippen LogP) is 4.08. The molecule has 21 heavy (non-hydrogen) atoms. The van der Waals surface area contributed by atoms with Crippen LogP contribution in [0.25, 0.3) is 33.2 Å². The second kappa shape index (κ2) is 4.50. The Bertz CT molecular complexity index is 944. The first-order valence-corrected chi connectivity index (χ1v) is 7.14. The Balaban J connectivity index is 1.87. The van der Waals surface area contributed by atoms with Crippen LogP contribution >= 0.6 is 0 Å². The highest BCUT2D eigenvalue weighted by Gasteiger charge is 2.07. The minimum Gasteiger partial charge on any atom is -0.353 e. The molecule has 4 N–H and O–H groups in total. The zero-order valence-corrected chi connectivity index (χ0v) is 11.9. The molecular weight excluding hydrogens is 258 g/mol. The van der Waals surface area contributed by atoms with Crippen molar-refractivity contribution in [1.82, 2.24) is 9.97 Å². The summed E-state index contributed by atoms with van der Waals surface area (Å²) in [7, 11) is 0. The summed E-state index contributed by atoms with van der Waals surface area (Å²) in [4.78, 5) is 6.94. The molecule has 2 heterocycles. The van der Waals surface area contributed by atoms with Crippen LogP contribution in [-0.2, 0) is 6.54 Å². The number of rotatable bonds is 2. The van der Waals surface area contributed by atoms with Crippen LogP contribution in [-0.4, -0.2) is 9.97 Å². The maximum Gasteiger partial charge on any atom is 0.0630 e. The van der Waals surface area contributed by atoms with E-state index in [4.69, 9.17) is 5.73 Å². The van der Waals surface area contributed by atoms with Crippen LogP contribution in [0.5, 0.6) is 0 Å². The molecule has 3 nitrogen and oxygen atoms in total. The van der Waals surface area contributed by atoms with E-state index in [2.05, 4.69) is 65.4 Å². The zero-order chi connectivity index (χ0) is 14.4. The smallest absolute Gasteiger partial charge is 0.0630 e. The minimum absolute atomic E-state index is 0.572. The Morgan fingerprint density at radius 2 is 1.43 bits per heavy atom. The number of nitrogens with two attached hydrogens (primary N) is 1.